The van der Waals surface area contributed by atoms with Gasteiger partial charge < -0.3 is 4.43 Å². The molecule has 0 N–H and O–H groups in total. The molecule has 0 heterocycles. The molecule has 21 heavy (non-hydrogen) atoms. The van der Waals surface area contributed by atoms with Gasteiger partial charge in [-0.15, -0.1) is 0 Å². The molecular formula is C16H24BrFO2Si. The second-order valence-electron chi connectivity index (χ2n) is 6.34. The number of halogens is 2. The number of carbonyl (C=O) groups is 1. The molecule has 0 aliphatic carbocycles. The van der Waals surface area contributed by atoms with Crippen LogP contribution in [0.2, 0.25) is 16.6 Å². The predicted molar refractivity (Wildman–Crippen MR) is 91.2 cm³/mol. The fourth-order valence-electron chi connectivity index (χ4n) is 3.31. The monoisotopic (exact) mass is 374 g/mol. The number of hydrogen-bond acceptors (Lipinski definition) is 2. The summed E-state index contributed by atoms with van der Waals surface area (Å²) in [6.07, 6.45) is 0.656. The van der Waals surface area contributed by atoms with Crippen LogP contribution in [-0.4, -0.2) is 14.6 Å². The first-order chi connectivity index (χ1) is 9.66. The van der Waals surface area contributed by atoms with Gasteiger partial charge in [0.2, 0.25) is 0 Å². The van der Waals surface area contributed by atoms with Gasteiger partial charge in [0.25, 0.3) is 8.32 Å². The van der Waals surface area contributed by atoms with Crippen LogP contribution in [0.3, 0.4) is 0 Å². The van der Waals surface area contributed by atoms with E-state index >= 15 is 0 Å². The van der Waals surface area contributed by atoms with Crippen molar-refractivity contribution < 1.29 is 13.6 Å². The highest BCUT2D eigenvalue weighted by molar-refractivity contribution is 9.10. The molecule has 0 aliphatic heterocycles. The fourth-order valence-corrected chi connectivity index (χ4v) is 9.03. The van der Waals surface area contributed by atoms with E-state index < -0.39 is 14.1 Å². The molecule has 1 aromatic rings. The SMILES string of the molecule is CC(C)[Si](Oc1c(F)cc(Br)cc1C=O)(C(C)C)C(C)C. The van der Waals surface area contributed by atoms with Crippen molar-refractivity contribution in [2.45, 2.75) is 58.2 Å². The van der Waals surface area contributed by atoms with Crippen LogP contribution < -0.4 is 4.43 Å². The minimum absolute atomic E-state index is 0.107. The lowest BCUT2D eigenvalue weighted by atomic mass is 10.2. The molecule has 1 rings (SSSR count). The third-order valence-corrected chi connectivity index (χ3v) is 10.6. The molecule has 2 nitrogen and oxygen atoms in total. The average Bonchev–Trinajstić information content (AvgIpc) is 2.35. The summed E-state index contributed by atoms with van der Waals surface area (Å²) in [6, 6.07) is 2.95. The summed E-state index contributed by atoms with van der Waals surface area (Å²) in [5, 5.41) is 0. The number of aldehydes is 1. The van der Waals surface area contributed by atoms with E-state index in [0.29, 0.717) is 27.4 Å². The van der Waals surface area contributed by atoms with Crippen LogP contribution in [0.4, 0.5) is 4.39 Å². The lowest BCUT2D eigenvalue weighted by Gasteiger charge is -2.42. The maximum absolute atomic E-state index is 14.3. The summed E-state index contributed by atoms with van der Waals surface area (Å²) in [4.78, 5) is 11.3. The van der Waals surface area contributed by atoms with E-state index in [0.717, 1.165) is 0 Å². The number of rotatable bonds is 6. The minimum Gasteiger partial charge on any atom is -0.540 e. The zero-order chi connectivity index (χ0) is 16.4. The summed E-state index contributed by atoms with van der Waals surface area (Å²) in [5.41, 5.74) is 1.22. The maximum atomic E-state index is 14.3. The first-order valence-corrected chi connectivity index (χ1v) is 10.2. The van der Waals surface area contributed by atoms with Crippen LogP contribution in [0.15, 0.2) is 16.6 Å². The van der Waals surface area contributed by atoms with E-state index in [2.05, 4.69) is 57.5 Å². The Hall–Kier alpha value is -0.683. The Bertz CT molecular complexity index is 493. The first kappa shape index (κ1) is 18.4. The van der Waals surface area contributed by atoms with Gasteiger partial charge in [-0.2, -0.15) is 0 Å². The second kappa shape index (κ2) is 7.05. The quantitative estimate of drug-likeness (QED) is 0.453. The number of hydrogen-bond donors (Lipinski definition) is 0. The van der Waals surface area contributed by atoms with E-state index in [9.17, 15) is 9.18 Å². The van der Waals surface area contributed by atoms with Crippen molar-refractivity contribution in [2.24, 2.45) is 0 Å². The van der Waals surface area contributed by atoms with E-state index in [1.165, 1.54) is 6.07 Å². The van der Waals surface area contributed by atoms with Gasteiger partial charge in [0.1, 0.15) is 0 Å². The molecule has 0 atom stereocenters. The van der Waals surface area contributed by atoms with Crippen LogP contribution in [-0.2, 0) is 0 Å². The van der Waals surface area contributed by atoms with Gasteiger partial charge in [-0.1, -0.05) is 57.5 Å². The molecule has 0 unspecified atom stereocenters. The Balaban J connectivity index is 3.44. The Labute approximate surface area is 136 Å². The van der Waals surface area contributed by atoms with Gasteiger partial charge >= 0.3 is 0 Å². The summed E-state index contributed by atoms with van der Waals surface area (Å²) in [7, 11) is -2.28. The van der Waals surface area contributed by atoms with Gasteiger partial charge in [-0.3, -0.25) is 4.79 Å². The molecule has 0 aromatic heterocycles. The molecule has 0 bridgehead atoms. The first-order valence-electron chi connectivity index (χ1n) is 7.30. The molecule has 118 valence electrons. The van der Waals surface area contributed by atoms with Crippen molar-refractivity contribution in [3.8, 4) is 5.75 Å². The van der Waals surface area contributed by atoms with Crippen molar-refractivity contribution in [2.75, 3.05) is 0 Å². The molecule has 0 saturated carbocycles. The minimum atomic E-state index is -2.28. The molecule has 0 amide bonds. The van der Waals surface area contributed by atoms with E-state index in [4.69, 9.17) is 4.43 Å². The zero-order valence-corrected chi connectivity index (χ0v) is 16.1. The highest BCUT2D eigenvalue weighted by atomic mass is 79.9. The third kappa shape index (κ3) is 3.56. The van der Waals surface area contributed by atoms with Gasteiger partial charge in [-0.25, -0.2) is 4.39 Å². The normalized spacial score (nSPS) is 12.3. The summed E-state index contributed by atoms with van der Waals surface area (Å²) in [6.45, 7) is 12.8. The average molecular weight is 375 g/mol. The smallest absolute Gasteiger partial charge is 0.258 e. The van der Waals surface area contributed by atoms with Gasteiger partial charge in [0, 0.05) is 4.47 Å². The van der Waals surface area contributed by atoms with Crippen LogP contribution in [0.5, 0.6) is 5.75 Å². The summed E-state index contributed by atoms with van der Waals surface area (Å²) in [5.74, 6) is -0.374. The second-order valence-corrected chi connectivity index (χ2v) is 12.6. The Morgan fingerprint density at radius 3 is 1.95 bits per heavy atom. The van der Waals surface area contributed by atoms with Crippen molar-refractivity contribution in [3.63, 3.8) is 0 Å². The lowest BCUT2D eigenvalue weighted by molar-refractivity contribution is 0.112. The van der Waals surface area contributed by atoms with E-state index in [1.54, 1.807) is 6.07 Å². The fraction of sp³-hybridized carbons (Fsp3) is 0.562. The van der Waals surface area contributed by atoms with Crippen LogP contribution >= 0.6 is 15.9 Å². The molecule has 5 heteroatoms. The van der Waals surface area contributed by atoms with Crippen molar-refractivity contribution in [3.05, 3.63) is 28.0 Å². The van der Waals surface area contributed by atoms with Crippen LogP contribution in [0.25, 0.3) is 0 Å². The molecule has 0 fully saturated rings. The van der Waals surface area contributed by atoms with Crippen molar-refractivity contribution in [1.82, 2.24) is 0 Å². The molecule has 0 saturated heterocycles. The van der Waals surface area contributed by atoms with Crippen molar-refractivity contribution >= 4 is 30.5 Å². The largest absolute Gasteiger partial charge is 0.540 e. The topological polar surface area (TPSA) is 26.3 Å². The highest BCUT2D eigenvalue weighted by Gasteiger charge is 2.47. The molecule has 1 aromatic carbocycles. The van der Waals surface area contributed by atoms with Gasteiger partial charge in [0.05, 0.1) is 5.56 Å². The van der Waals surface area contributed by atoms with Crippen LogP contribution in [0, 0.1) is 5.82 Å². The Morgan fingerprint density at radius 2 is 1.57 bits per heavy atom. The number of benzene rings is 1. The maximum Gasteiger partial charge on any atom is 0.258 e. The van der Waals surface area contributed by atoms with Crippen molar-refractivity contribution in [1.29, 1.82) is 0 Å². The number of carbonyl (C=O) groups excluding carboxylic acids is 1. The third-order valence-electron chi connectivity index (χ3n) is 4.15. The van der Waals surface area contributed by atoms with Gasteiger partial charge in [0.15, 0.2) is 17.9 Å². The summed E-state index contributed by atoms with van der Waals surface area (Å²) >= 11 is 3.21. The zero-order valence-electron chi connectivity index (χ0n) is 13.5. The Kier molecular flexibility index (Phi) is 6.17. The lowest BCUT2D eigenvalue weighted by Crippen LogP contribution is -2.51. The van der Waals surface area contributed by atoms with E-state index in [1.807, 2.05) is 0 Å². The predicted octanol–water partition coefficient (Wildman–Crippen LogP) is 5.96. The summed E-state index contributed by atoms with van der Waals surface area (Å²) < 4.78 is 21.2. The van der Waals surface area contributed by atoms with E-state index in [-0.39, 0.29) is 11.3 Å². The molecular weight excluding hydrogens is 351 g/mol. The highest BCUT2D eigenvalue weighted by Crippen LogP contribution is 2.44. The standard InChI is InChI=1S/C16H24BrFO2Si/c1-10(2)21(11(3)4,12(5)6)20-16-13(9-19)7-14(17)8-15(16)18/h7-12H,1-6H3. The molecule has 0 aliphatic rings. The molecule has 0 radical (unpaired) electrons. The van der Waals surface area contributed by atoms with Gasteiger partial charge in [-0.05, 0) is 28.8 Å². The molecule has 0 spiro atoms. The Morgan fingerprint density at radius 1 is 1.10 bits per heavy atom. The van der Waals surface area contributed by atoms with Crippen LogP contribution in [0.1, 0.15) is 51.9 Å².